The number of carbonyl (C=O) groups is 1. The van der Waals surface area contributed by atoms with E-state index in [0.29, 0.717) is 29.6 Å². The van der Waals surface area contributed by atoms with Crippen LogP contribution in [0.3, 0.4) is 0 Å². The summed E-state index contributed by atoms with van der Waals surface area (Å²) in [6.07, 6.45) is 1.64. The molecule has 1 amide bonds. The Balaban J connectivity index is 1.80. The number of fused-ring (bicyclic) bond motifs is 1. The number of hydrogen-bond acceptors (Lipinski definition) is 4. The summed E-state index contributed by atoms with van der Waals surface area (Å²) < 4.78 is 10.7. The molecule has 0 atom stereocenters. The first-order chi connectivity index (χ1) is 11.7. The third-order valence-corrected chi connectivity index (χ3v) is 3.40. The van der Waals surface area contributed by atoms with E-state index in [1.807, 2.05) is 24.3 Å². The van der Waals surface area contributed by atoms with Gasteiger partial charge in [-0.05, 0) is 30.3 Å². The predicted molar refractivity (Wildman–Crippen MR) is 92.7 cm³/mol. The molecule has 0 aliphatic carbocycles. The smallest absolute Gasteiger partial charge is 0.258 e. The number of aromatic amines is 1. The summed E-state index contributed by atoms with van der Waals surface area (Å²) in [4.78, 5) is 19.8. The number of anilines is 1. The van der Waals surface area contributed by atoms with Gasteiger partial charge in [0.2, 0.25) is 5.95 Å². The molecule has 6 heteroatoms. The Morgan fingerprint density at radius 2 is 2.12 bits per heavy atom. The van der Waals surface area contributed by atoms with E-state index in [2.05, 4.69) is 21.9 Å². The summed E-state index contributed by atoms with van der Waals surface area (Å²) in [6, 6.07) is 12.5. The lowest BCUT2D eigenvalue weighted by Crippen LogP contribution is -2.13. The first-order valence-corrected chi connectivity index (χ1v) is 7.39. The van der Waals surface area contributed by atoms with E-state index in [-0.39, 0.29) is 5.91 Å². The molecule has 1 heterocycles. The lowest BCUT2D eigenvalue weighted by Gasteiger charge is -2.10. The molecule has 0 aliphatic rings. The average Bonchev–Trinajstić information content (AvgIpc) is 3.01. The van der Waals surface area contributed by atoms with E-state index < -0.39 is 0 Å². The van der Waals surface area contributed by atoms with Gasteiger partial charge in [0.15, 0.2) is 11.5 Å². The molecular formula is C18H17N3O3. The van der Waals surface area contributed by atoms with Crippen molar-refractivity contribution in [1.29, 1.82) is 0 Å². The van der Waals surface area contributed by atoms with Crippen LogP contribution in [0.4, 0.5) is 5.95 Å². The Morgan fingerprint density at radius 3 is 2.88 bits per heavy atom. The molecule has 2 N–H and O–H groups in total. The quantitative estimate of drug-likeness (QED) is 0.682. The van der Waals surface area contributed by atoms with Crippen molar-refractivity contribution in [1.82, 2.24) is 9.97 Å². The van der Waals surface area contributed by atoms with Gasteiger partial charge >= 0.3 is 0 Å². The van der Waals surface area contributed by atoms with Crippen molar-refractivity contribution in [2.75, 3.05) is 19.0 Å². The number of ether oxygens (including phenoxy) is 2. The van der Waals surface area contributed by atoms with Crippen LogP contribution in [-0.4, -0.2) is 29.6 Å². The van der Waals surface area contributed by atoms with Crippen LogP contribution < -0.4 is 14.8 Å². The molecule has 6 nitrogen and oxygen atoms in total. The molecule has 122 valence electrons. The number of para-hydroxylation sites is 2. The molecular weight excluding hydrogens is 306 g/mol. The first-order valence-electron chi connectivity index (χ1n) is 7.39. The molecule has 3 rings (SSSR count). The third-order valence-electron chi connectivity index (χ3n) is 3.40. The van der Waals surface area contributed by atoms with E-state index in [9.17, 15) is 4.79 Å². The second kappa shape index (κ2) is 6.87. The zero-order chi connectivity index (χ0) is 16.9. The monoisotopic (exact) mass is 323 g/mol. The van der Waals surface area contributed by atoms with Crippen LogP contribution in [0.2, 0.25) is 0 Å². The molecule has 1 aromatic heterocycles. The van der Waals surface area contributed by atoms with E-state index in [4.69, 9.17) is 9.47 Å². The summed E-state index contributed by atoms with van der Waals surface area (Å²) in [6.45, 7) is 3.96. The minimum atomic E-state index is -0.289. The molecule has 0 bridgehead atoms. The van der Waals surface area contributed by atoms with Crippen LogP contribution in [0, 0.1) is 0 Å². The van der Waals surface area contributed by atoms with Crippen LogP contribution in [-0.2, 0) is 0 Å². The number of rotatable bonds is 6. The number of nitrogens with zero attached hydrogens (tertiary/aromatic N) is 1. The standard InChI is InChI=1S/C18H17N3O3/c1-3-10-24-15-9-8-12(11-16(15)23-2)17(22)21-18-19-13-6-4-5-7-14(13)20-18/h3-9,11H,1,10H2,2H3,(H2,19,20,21,22). The topological polar surface area (TPSA) is 76.2 Å². The van der Waals surface area contributed by atoms with Gasteiger partial charge in [-0.1, -0.05) is 24.8 Å². The molecule has 0 saturated heterocycles. The largest absolute Gasteiger partial charge is 0.493 e. The zero-order valence-electron chi connectivity index (χ0n) is 13.2. The highest BCUT2D eigenvalue weighted by atomic mass is 16.5. The number of amides is 1. The summed E-state index contributed by atoms with van der Waals surface area (Å²) in [5, 5.41) is 2.74. The van der Waals surface area contributed by atoms with Crippen molar-refractivity contribution in [3.63, 3.8) is 0 Å². The van der Waals surface area contributed by atoms with Crippen molar-refractivity contribution in [2.45, 2.75) is 0 Å². The number of nitrogens with one attached hydrogen (secondary N) is 2. The van der Waals surface area contributed by atoms with Crippen LogP contribution in [0.5, 0.6) is 11.5 Å². The van der Waals surface area contributed by atoms with Gasteiger partial charge in [-0.15, -0.1) is 0 Å². The van der Waals surface area contributed by atoms with Crippen molar-refractivity contribution in [3.8, 4) is 11.5 Å². The number of benzene rings is 2. The second-order valence-corrected chi connectivity index (χ2v) is 5.02. The van der Waals surface area contributed by atoms with Crippen LogP contribution in [0.15, 0.2) is 55.1 Å². The van der Waals surface area contributed by atoms with Crippen LogP contribution in [0.25, 0.3) is 11.0 Å². The van der Waals surface area contributed by atoms with Gasteiger partial charge in [0, 0.05) is 5.56 Å². The molecule has 3 aromatic rings. The van der Waals surface area contributed by atoms with Crippen LogP contribution >= 0.6 is 0 Å². The Kier molecular flexibility index (Phi) is 4.47. The van der Waals surface area contributed by atoms with Gasteiger partial charge in [-0.25, -0.2) is 4.98 Å². The van der Waals surface area contributed by atoms with E-state index >= 15 is 0 Å². The predicted octanol–water partition coefficient (Wildman–Crippen LogP) is 3.39. The van der Waals surface area contributed by atoms with E-state index in [1.165, 1.54) is 7.11 Å². The number of imidazole rings is 1. The highest BCUT2D eigenvalue weighted by molar-refractivity contribution is 6.04. The fraction of sp³-hybridized carbons (Fsp3) is 0.111. The maximum absolute atomic E-state index is 12.4. The molecule has 24 heavy (non-hydrogen) atoms. The normalized spacial score (nSPS) is 10.4. The SMILES string of the molecule is C=CCOc1ccc(C(=O)Nc2nc3ccccc3[nH]2)cc1OC. The van der Waals surface area contributed by atoms with Gasteiger partial charge < -0.3 is 14.5 Å². The number of carbonyl (C=O) groups excluding carboxylic acids is 1. The number of aromatic nitrogens is 2. The fourth-order valence-electron chi connectivity index (χ4n) is 2.27. The van der Waals surface area contributed by atoms with Gasteiger partial charge in [-0.2, -0.15) is 0 Å². The first kappa shape index (κ1) is 15.6. The molecule has 0 unspecified atom stereocenters. The third kappa shape index (κ3) is 3.22. The van der Waals surface area contributed by atoms with Gasteiger partial charge in [0.1, 0.15) is 6.61 Å². The Bertz CT molecular complexity index is 853. The van der Waals surface area contributed by atoms with Crippen molar-refractivity contribution >= 4 is 22.9 Å². The number of hydrogen-bond donors (Lipinski definition) is 2. The number of methoxy groups -OCH3 is 1. The molecule has 0 aliphatic heterocycles. The lowest BCUT2D eigenvalue weighted by molar-refractivity contribution is 0.102. The molecule has 2 aromatic carbocycles. The van der Waals surface area contributed by atoms with Gasteiger partial charge in [-0.3, -0.25) is 10.1 Å². The fourth-order valence-corrected chi connectivity index (χ4v) is 2.27. The van der Waals surface area contributed by atoms with E-state index in [1.54, 1.807) is 24.3 Å². The van der Waals surface area contributed by atoms with Crippen molar-refractivity contribution in [3.05, 3.63) is 60.7 Å². The summed E-state index contributed by atoms with van der Waals surface area (Å²) >= 11 is 0. The summed E-state index contributed by atoms with van der Waals surface area (Å²) in [5.74, 6) is 1.14. The highest BCUT2D eigenvalue weighted by Gasteiger charge is 2.13. The van der Waals surface area contributed by atoms with Gasteiger partial charge in [0.05, 0.1) is 18.1 Å². The van der Waals surface area contributed by atoms with Gasteiger partial charge in [0.25, 0.3) is 5.91 Å². The zero-order valence-corrected chi connectivity index (χ0v) is 13.2. The minimum absolute atomic E-state index is 0.289. The Morgan fingerprint density at radius 1 is 1.29 bits per heavy atom. The maximum Gasteiger partial charge on any atom is 0.258 e. The highest BCUT2D eigenvalue weighted by Crippen LogP contribution is 2.28. The average molecular weight is 323 g/mol. The Hall–Kier alpha value is -3.28. The number of H-pyrrole nitrogens is 1. The summed E-state index contributed by atoms with van der Waals surface area (Å²) in [5.41, 5.74) is 2.09. The molecule has 0 fully saturated rings. The van der Waals surface area contributed by atoms with Crippen LogP contribution in [0.1, 0.15) is 10.4 Å². The molecule has 0 saturated carbocycles. The maximum atomic E-state index is 12.4. The minimum Gasteiger partial charge on any atom is -0.493 e. The van der Waals surface area contributed by atoms with E-state index in [0.717, 1.165) is 11.0 Å². The lowest BCUT2D eigenvalue weighted by atomic mass is 10.2. The second-order valence-electron chi connectivity index (χ2n) is 5.02. The Labute approximate surface area is 139 Å². The molecule has 0 radical (unpaired) electrons. The van der Waals surface area contributed by atoms with Crippen molar-refractivity contribution in [2.24, 2.45) is 0 Å². The van der Waals surface area contributed by atoms with Crippen molar-refractivity contribution < 1.29 is 14.3 Å². The summed E-state index contributed by atoms with van der Waals surface area (Å²) in [7, 11) is 1.52. The molecule has 0 spiro atoms.